The molecule has 29 heavy (non-hydrogen) atoms. The predicted molar refractivity (Wildman–Crippen MR) is 107 cm³/mol. The Balaban J connectivity index is 1.60. The maximum absolute atomic E-state index is 13.6. The van der Waals surface area contributed by atoms with Crippen molar-refractivity contribution in [3.05, 3.63) is 47.5 Å². The SMILES string of the molecule is Cc1nc2c(OC3CCOc4cc(F)ccc43)cc(N3CCCC3=O)cc2n1C. The van der Waals surface area contributed by atoms with Gasteiger partial charge in [0, 0.05) is 49.8 Å². The average molecular weight is 395 g/mol. The number of carbonyl (C=O) groups excluding carboxylic acids is 1. The number of carbonyl (C=O) groups is 1. The number of ether oxygens (including phenoxy) is 2. The van der Waals surface area contributed by atoms with Crippen LogP contribution in [-0.4, -0.2) is 28.6 Å². The first-order valence-electron chi connectivity index (χ1n) is 9.87. The van der Waals surface area contributed by atoms with Gasteiger partial charge in [0.1, 0.15) is 34.8 Å². The van der Waals surface area contributed by atoms with Crippen molar-refractivity contribution >= 4 is 22.6 Å². The molecule has 0 saturated carbocycles. The van der Waals surface area contributed by atoms with Crippen molar-refractivity contribution in [1.82, 2.24) is 9.55 Å². The van der Waals surface area contributed by atoms with Crippen LogP contribution in [0.25, 0.3) is 11.0 Å². The highest BCUT2D eigenvalue weighted by Crippen LogP contribution is 2.40. The molecule has 2 aliphatic rings. The molecule has 150 valence electrons. The summed E-state index contributed by atoms with van der Waals surface area (Å²) < 4.78 is 27.6. The second-order valence-corrected chi connectivity index (χ2v) is 7.60. The molecule has 1 fully saturated rings. The Bertz CT molecular complexity index is 1120. The van der Waals surface area contributed by atoms with Crippen LogP contribution < -0.4 is 14.4 Å². The summed E-state index contributed by atoms with van der Waals surface area (Å²) in [5.41, 5.74) is 3.32. The Morgan fingerprint density at radius 1 is 1.28 bits per heavy atom. The number of halogens is 1. The van der Waals surface area contributed by atoms with Gasteiger partial charge in [-0.15, -0.1) is 0 Å². The average Bonchev–Trinajstić information content (AvgIpc) is 3.25. The Labute approximate surface area is 167 Å². The zero-order valence-electron chi connectivity index (χ0n) is 16.4. The van der Waals surface area contributed by atoms with Crippen LogP contribution >= 0.6 is 0 Å². The van der Waals surface area contributed by atoms with E-state index in [-0.39, 0.29) is 17.8 Å². The highest BCUT2D eigenvalue weighted by molar-refractivity contribution is 5.98. The molecule has 0 aliphatic carbocycles. The van der Waals surface area contributed by atoms with Crippen molar-refractivity contribution in [2.24, 2.45) is 7.05 Å². The van der Waals surface area contributed by atoms with E-state index in [2.05, 4.69) is 4.98 Å². The fraction of sp³-hybridized carbons (Fsp3) is 0.364. The molecule has 1 unspecified atom stereocenters. The lowest BCUT2D eigenvalue weighted by Gasteiger charge is -2.27. The molecular formula is C22H22FN3O3. The number of fused-ring (bicyclic) bond motifs is 2. The van der Waals surface area contributed by atoms with E-state index in [1.54, 1.807) is 6.07 Å². The Hall–Kier alpha value is -3.09. The number of imidazole rings is 1. The fourth-order valence-electron chi connectivity index (χ4n) is 4.13. The molecular weight excluding hydrogens is 373 g/mol. The van der Waals surface area contributed by atoms with Gasteiger partial charge in [0.2, 0.25) is 5.91 Å². The lowest BCUT2D eigenvalue weighted by atomic mass is 10.0. The molecule has 0 bridgehead atoms. The first-order chi connectivity index (χ1) is 14.0. The molecule has 2 aliphatic heterocycles. The molecule has 6 nitrogen and oxygen atoms in total. The van der Waals surface area contributed by atoms with Crippen molar-refractivity contribution in [3.8, 4) is 11.5 Å². The van der Waals surface area contributed by atoms with E-state index in [4.69, 9.17) is 9.47 Å². The van der Waals surface area contributed by atoms with E-state index >= 15 is 0 Å². The second-order valence-electron chi connectivity index (χ2n) is 7.60. The summed E-state index contributed by atoms with van der Waals surface area (Å²) in [6.45, 7) is 3.10. The van der Waals surface area contributed by atoms with Crippen molar-refractivity contribution in [2.45, 2.75) is 32.3 Å². The molecule has 0 spiro atoms. The monoisotopic (exact) mass is 395 g/mol. The minimum atomic E-state index is -0.332. The number of amides is 1. The minimum absolute atomic E-state index is 0.126. The van der Waals surface area contributed by atoms with Gasteiger partial charge in [0.05, 0.1) is 12.1 Å². The number of nitrogens with zero attached hydrogens (tertiary/aromatic N) is 3. The summed E-state index contributed by atoms with van der Waals surface area (Å²) in [6, 6.07) is 8.42. The van der Waals surface area contributed by atoms with Crippen LogP contribution in [0.3, 0.4) is 0 Å². The molecule has 3 heterocycles. The molecule has 0 radical (unpaired) electrons. The van der Waals surface area contributed by atoms with E-state index in [9.17, 15) is 9.18 Å². The van der Waals surface area contributed by atoms with Gasteiger partial charge in [0.15, 0.2) is 0 Å². The topological polar surface area (TPSA) is 56.6 Å². The molecule has 7 heteroatoms. The van der Waals surface area contributed by atoms with Gasteiger partial charge >= 0.3 is 0 Å². The summed E-state index contributed by atoms with van der Waals surface area (Å²) in [4.78, 5) is 18.8. The molecule has 1 aromatic heterocycles. The van der Waals surface area contributed by atoms with E-state index in [1.165, 1.54) is 12.1 Å². The van der Waals surface area contributed by atoms with Gasteiger partial charge in [-0.05, 0) is 31.5 Å². The maximum atomic E-state index is 13.6. The number of aryl methyl sites for hydroxylation is 2. The zero-order valence-corrected chi connectivity index (χ0v) is 16.4. The lowest BCUT2D eigenvalue weighted by Crippen LogP contribution is -2.24. The highest BCUT2D eigenvalue weighted by Gasteiger charge is 2.27. The van der Waals surface area contributed by atoms with Crippen LogP contribution in [0.4, 0.5) is 10.1 Å². The smallest absolute Gasteiger partial charge is 0.227 e. The molecule has 2 aromatic carbocycles. The number of rotatable bonds is 3. The summed E-state index contributed by atoms with van der Waals surface area (Å²) in [7, 11) is 1.95. The number of hydrogen-bond acceptors (Lipinski definition) is 4. The fourth-order valence-corrected chi connectivity index (χ4v) is 4.13. The van der Waals surface area contributed by atoms with Crippen molar-refractivity contribution < 1.29 is 18.7 Å². The molecule has 3 aromatic rings. The number of hydrogen-bond donors (Lipinski definition) is 0. The normalized spacial score (nSPS) is 18.8. The highest BCUT2D eigenvalue weighted by atomic mass is 19.1. The third kappa shape index (κ3) is 3.01. The van der Waals surface area contributed by atoms with Crippen molar-refractivity contribution in [1.29, 1.82) is 0 Å². The van der Waals surface area contributed by atoms with Crippen molar-refractivity contribution in [2.75, 3.05) is 18.1 Å². The summed E-state index contributed by atoms with van der Waals surface area (Å²) >= 11 is 0. The largest absolute Gasteiger partial charge is 0.493 e. The lowest BCUT2D eigenvalue weighted by molar-refractivity contribution is -0.117. The first kappa shape index (κ1) is 18.0. The van der Waals surface area contributed by atoms with Crippen LogP contribution in [0.15, 0.2) is 30.3 Å². The van der Waals surface area contributed by atoms with Gasteiger partial charge in [-0.25, -0.2) is 9.37 Å². The summed E-state index contributed by atoms with van der Waals surface area (Å²) in [5, 5.41) is 0. The van der Waals surface area contributed by atoms with Gasteiger partial charge in [-0.3, -0.25) is 4.79 Å². The molecule has 1 atom stereocenters. The van der Waals surface area contributed by atoms with Gasteiger partial charge in [-0.1, -0.05) is 0 Å². The quantitative estimate of drug-likeness (QED) is 0.671. The van der Waals surface area contributed by atoms with Gasteiger partial charge in [0.25, 0.3) is 0 Å². The Morgan fingerprint density at radius 3 is 2.93 bits per heavy atom. The van der Waals surface area contributed by atoms with E-state index in [0.29, 0.717) is 37.5 Å². The second kappa shape index (κ2) is 6.76. The summed E-state index contributed by atoms with van der Waals surface area (Å²) in [5.74, 6) is 1.80. The molecule has 5 rings (SSSR count). The van der Waals surface area contributed by atoms with Crippen LogP contribution in [0.5, 0.6) is 11.5 Å². The third-order valence-corrected chi connectivity index (χ3v) is 5.77. The zero-order chi connectivity index (χ0) is 20.1. The Morgan fingerprint density at radius 2 is 2.14 bits per heavy atom. The van der Waals surface area contributed by atoms with E-state index in [0.717, 1.165) is 34.5 Å². The maximum Gasteiger partial charge on any atom is 0.227 e. The first-order valence-corrected chi connectivity index (χ1v) is 9.87. The summed E-state index contributed by atoms with van der Waals surface area (Å²) in [6.07, 6.45) is 1.81. The molecule has 1 amide bonds. The Kier molecular flexibility index (Phi) is 4.19. The van der Waals surface area contributed by atoms with Crippen LogP contribution in [0.1, 0.15) is 36.8 Å². The van der Waals surface area contributed by atoms with Crippen molar-refractivity contribution in [3.63, 3.8) is 0 Å². The predicted octanol–water partition coefficient (Wildman–Crippen LogP) is 4.05. The minimum Gasteiger partial charge on any atom is -0.493 e. The third-order valence-electron chi connectivity index (χ3n) is 5.77. The van der Waals surface area contributed by atoms with Crippen LogP contribution in [0.2, 0.25) is 0 Å². The van der Waals surface area contributed by atoms with Gasteiger partial charge < -0.3 is 18.9 Å². The number of benzene rings is 2. The molecule has 1 saturated heterocycles. The van der Waals surface area contributed by atoms with E-state index < -0.39 is 0 Å². The number of anilines is 1. The van der Waals surface area contributed by atoms with E-state index in [1.807, 2.05) is 35.6 Å². The standard InChI is InChI=1S/C22H22FN3O3/c1-13-24-22-17(25(13)2)11-15(26-8-3-4-21(26)27)12-20(22)29-18-7-9-28-19-10-14(23)5-6-16(18)19/h5-6,10-12,18H,3-4,7-9H2,1-2H3. The molecule has 0 N–H and O–H groups in total. The van der Waals surface area contributed by atoms with Crippen LogP contribution in [0, 0.1) is 12.7 Å². The number of aromatic nitrogens is 2. The van der Waals surface area contributed by atoms with Gasteiger partial charge in [-0.2, -0.15) is 0 Å². The van der Waals surface area contributed by atoms with Crippen LogP contribution in [-0.2, 0) is 11.8 Å².